The summed E-state index contributed by atoms with van der Waals surface area (Å²) in [7, 11) is -1.67. The van der Waals surface area contributed by atoms with E-state index >= 15 is 0 Å². The molecule has 1 aromatic heterocycles. The molecule has 0 amide bonds. The van der Waals surface area contributed by atoms with Crippen LogP contribution in [0, 0.1) is 0 Å². The minimum atomic E-state index is -3.38. The first-order valence-corrected chi connectivity index (χ1v) is 9.01. The first-order valence-electron chi connectivity index (χ1n) is 7.12. The monoisotopic (exact) mass is 350 g/mol. The van der Waals surface area contributed by atoms with E-state index in [-0.39, 0.29) is 5.78 Å². The molecule has 128 valence electrons. The molecule has 0 saturated heterocycles. The van der Waals surface area contributed by atoms with E-state index in [1.165, 1.54) is 31.2 Å². The quantitative estimate of drug-likeness (QED) is 0.633. The third-order valence-electron chi connectivity index (χ3n) is 3.28. The minimum Gasteiger partial charge on any atom is -0.450 e. The summed E-state index contributed by atoms with van der Waals surface area (Å²) in [6.45, 7) is 1.49. The SMILES string of the molecule is CC(OC(=O)c1cccn1C)C(=O)c1ccc(NS(C)(=O)=O)cc1. The van der Waals surface area contributed by atoms with Crippen LogP contribution in [0.3, 0.4) is 0 Å². The summed E-state index contributed by atoms with van der Waals surface area (Å²) in [5.41, 5.74) is 1.02. The Balaban J connectivity index is 2.05. The molecule has 2 rings (SSSR count). The normalized spacial score (nSPS) is 12.5. The van der Waals surface area contributed by atoms with Crippen LogP contribution in [0.25, 0.3) is 0 Å². The summed E-state index contributed by atoms with van der Waals surface area (Å²) in [6, 6.07) is 9.20. The molecule has 8 heteroatoms. The fraction of sp³-hybridized carbons (Fsp3) is 0.250. The fourth-order valence-corrected chi connectivity index (χ4v) is 2.66. The lowest BCUT2D eigenvalue weighted by atomic mass is 10.1. The van der Waals surface area contributed by atoms with Crippen LogP contribution in [-0.4, -0.2) is 37.1 Å². The van der Waals surface area contributed by atoms with Crippen LogP contribution in [0.5, 0.6) is 0 Å². The van der Waals surface area contributed by atoms with Gasteiger partial charge in [0.15, 0.2) is 6.10 Å². The highest BCUT2D eigenvalue weighted by Gasteiger charge is 2.21. The Morgan fingerprint density at radius 1 is 1.17 bits per heavy atom. The summed E-state index contributed by atoms with van der Waals surface area (Å²) in [5.74, 6) is -0.956. The van der Waals surface area contributed by atoms with Crippen molar-refractivity contribution in [3.8, 4) is 0 Å². The third kappa shape index (κ3) is 4.45. The van der Waals surface area contributed by atoms with Gasteiger partial charge in [-0.3, -0.25) is 9.52 Å². The summed E-state index contributed by atoms with van der Waals surface area (Å²) >= 11 is 0. The van der Waals surface area contributed by atoms with Crippen molar-refractivity contribution >= 4 is 27.5 Å². The Bertz CT molecular complexity index is 853. The molecule has 1 unspecified atom stereocenters. The fourth-order valence-electron chi connectivity index (χ4n) is 2.10. The zero-order valence-corrected chi connectivity index (χ0v) is 14.3. The molecule has 24 heavy (non-hydrogen) atoms. The van der Waals surface area contributed by atoms with Gasteiger partial charge in [-0.25, -0.2) is 13.2 Å². The predicted octanol–water partition coefficient (Wildman–Crippen LogP) is 1.82. The molecule has 0 aliphatic rings. The number of anilines is 1. The van der Waals surface area contributed by atoms with Crippen LogP contribution in [0.1, 0.15) is 27.8 Å². The summed E-state index contributed by atoms with van der Waals surface area (Å²) in [5, 5.41) is 0. The van der Waals surface area contributed by atoms with Gasteiger partial charge in [0, 0.05) is 24.5 Å². The number of hydrogen-bond donors (Lipinski definition) is 1. The van der Waals surface area contributed by atoms with Crippen LogP contribution in [0.2, 0.25) is 0 Å². The highest BCUT2D eigenvalue weighted by Crippen LogP contribution is 2.14. The van der Waals surface area contributed by atoms with E-state index in [1.807, 2.05) is 0 Å². The van der Waals surface area contributed by atoms with Crippen molar-refractivity contribution in [2.75, 3.05) is 11.0 Å². The van der Waals surface area contributed by atoms with E-state index in [2.05, 4.69) is 4.72 Å². The molecule has 0 spiro atoms. The number of ketones is 1. The van der Waals surface area contributed by atoms with Crippen molar-refractivity contribution in [1.82, 2.24) is 4.57 Å². The van der Waals surface area contributed by atoms with Gasteiger partial charge in [-0.05, 0) is 43.3 Å². The average molecular weight is 350 g/mol. The van der Waals surface area contributed by atoms with Gasteiger partial charge in [0.2, 0.25) is 15.8 Å². The van der Waals surface area contributed by atoms with E-state index < -0.39 is 22.1 Å². The molecule has 1 N–H and O–H groups in total. The van der Waals surface area contributed by atoms with Crippen molar-refractivity contribution in [3.05, 3.63) is 53.9 Å². The lowest BCUT2D eigenvalue weighted by Crippen LogP contribution is -2.25. The number of nitrogens with zero attached hydrogens (tertiary/aromatic N) is 1. The largest absolute Gasteiger partial charge is 0.450 e. The van der Waals surface area contributed by atoms with Crippen molar-refractivity contribution < 1.29 is 22.7 Å². The van der Waals surface area contributed by atoms with Gasteiger partial charge in [0.25, 0.3) is 0 Å². The predicted molar refractivity (Wildman–Crippen MR) is 89.5 cm³/mol. The number of esters is 1. The first-order chi connectivity index (χ1) is 11.2. The Labute approximate surface area is 140 Å². The summed E-state index contributed by atoms with van der Waals surface area (Å²) in [6.07, 6.45) is 1.79. The number of ether oxygens (including phenoxy) is 1. The van der Waals surface area contributed by atoms with Crippen LogP contribution >= 0.6 is 0 Å². The van der Waals surface area contributed by atoms with E-state index in [9.17, 15) is 18.0 Å². The Morgan fingerprint density at radius 3 is 2.29 bits per heavy atom. The van der Waals surface area contributed by atoms with Crippen molar-refractivity contribution in [2.45, 2.75) is 13.0 Å². The second-order valence-electron chi connectivity index (χ2n) is 5.37. The molecule has 0 saturated carbocycles. The second-order valence-corrected chi connectivity index (χ2v) is 7.12. The van der Waals surface area contributed by atoms with Gasteiger partial charge in [-0.1, -0.05) is 0 Å². The number of carbonyl (C=O) groups excluding carboxylic acids is 2. The maximum absolute atomic E-state index is 12.3. The van der Waals surface area contributed by atoms with Crippen molar-refractivity contribution in [3.63, 3.8) is 0 Å². The van der Waals surface area contributed by atoms with E-state index in [0.717, 1.165) is 6.26 Å². The lowest BCUT2D eigenvalue weighted by Gasteiger charge is -2.13. The number of nitrogens with one attached hydrogen (secondary N) is 1. The maximum Gasteiger partial charge on any atom is 0.355 e. The number of carbonyl (C=O) groups is 2. The zero-order chi connectivity index (χ0) is 17.9. The van der Waals surface area contributed by atoms with Crippen molar-refractivity contribution in [1.29, 1.82) is 0 Å². The molecule has 0 radical (unpaired) electrons. The smallest absolute Gasteiger partial charge is 0.355 e. The number of aromatic nitrogens is 1. The Kier molecular flexibility index (Phi) is 5.08. The Hall–Kier alpha value is -2.61. The maximum atomic E-state index is 12.3. The standard InChI is InChI=1S/C16H18N2O5S/c1-11(23-16(20)14-5-4-10-18(14)2)15(19)12-6-8-13(9-7-12)17-24(3,21)22/h4-11,17H,1-3H3. The number of sulfonamides is 1. The summed E-state index contributed by atoms with van der Waals surface area (Å²) in [4.78, 5) is 24.3. The topological polar surface area (TPSA) is 94.5 Å². The molecular formula is C16H18N2O5S. The molecule has 1 atom stereocenters. The number of hydrogen-bond acceptors (Lipinski definition) is 5. The van der Waals surface area contributed by atoms with Crippen LogP contribution in [0.15, 0.2) is 42.6 Å². The average Bonchev–Trinajstić information content (AvgIpc) is 2.92. The van der Waals surface area contributed by atoms with E-state index in [4.69, 9.17) is 4.74 Å². The van der Waals surface area contributed by atoms with Crippen molar-refractivity contribution in [2.24, 2.45) is 7.05 Å². The lowest BCUT2D eigenvalue weighted by molar-refractivity contribution is 0.0309. The molecule has 2 aromatic rings. The third-order valence-corrected chi connectivity index (χ3v) is 3.89. The van der Waals surface area contributed by atoms with Gasteiger partial charge in [-0.2, -0.15) is 0 Å². The number of rotatable bonds is 6. The highest BCUT2D eigenvalue weighted by molar-refractivity contribution is 7.92. The van der Waals surface area contributed by atoms with E-state index in [1.54, 1.807) is 29.9 Å². The van der Waals surface area contributed by atoms with Gasteiger partial charge in [0.1, 0.15) is 5.69 Å². The molecule has 0 aliphatic carbocycles. The minimum absolute atomic E-state index is 0.321. The second kappa shape index (κ2) is 6.88. The van der Waals surface area contributed by atoms with Gasteiger partial charge in [-0.15, -0.1) is 0 Å². The zero-order valence-electron chi connectivity index (χ0n) is 13.5. The molecule has 1 aromatic carbocycles. The molecule has 0 aliphatic heterocycles. The Morgan fingerprint density at radius 2 is 1.79 bits per heavy atom. The highest BCUT2D eigenvalue weighted by atomic mass is 32.2. The van der Waals surface area contributed by atoms with Crippen LogP contribution in [0.4, 0.5) is 5.69 Å². The number of benzene rings is 1. The molecule has 7 nitrogen and oxygen atoms in total. The van der Waals surface area contributed by atoms with Gasteiger partial charge < -0.3 is 9.30 Å². The first kappa shape index (κ1) is 17.7. The molecular weight excluding hydrogens is 332 g/mol. The number of aryl methyl sites for hydroxylation is 1. The summed E-state index contributed by atoms with van der Waals surface area (Å²) < 4.78 is 31.4. The van der Waals surface area contributed by atoms with E-state index in [0.29, 0.717) is 16.9 Å². The van der Waals surface area contributed by atoms with Crippen LogP contribution in [-0.2, 0) is 21.8 Å². The van der Waals surface area contributed by atoms with Crippen LogP contribution < -0.4 is 4.72 Å². The van der Waals surface area contributed by atoms with Gasteiger partial charge in [0.05, 0.1) is 6.26 Å². The molecule has 0 fully saturated rings. The molecule has 0 bridgehead atoms. The number of Topliss-reactive ketones (excluding diaryl/α,β-unsaturated/α-hetero) is 1. The molecule has 1 heterocycles. The van der Waals surface area contributed by atoms with Gasteiger partial charge >= 0.3 is 5.97 Å².